The first-order chi connectivity index (χ1) is 10.7. The fourth-order valence-electron chi connectivity index (χ4n) is 1.83. The van der Waals surface area contributed by atoms with Gasteiger partial charge in [-0.1, -0.05) is 23.7 Å². The van der Waals surface area contributed by atoms with E-state index >= 15 is 0 Å². The summed E-state index contributed by atoms with van der Waals surface area (Å²) in [5, 5.41) is 10.9. The zero-order chi connectivity index (χ0) is 15.4. The molecule has 0 saturated heterocycles. The summed E-state index contributed by atoms with van der Waals surface area (Å²) in [6, 6.07) is 10.3. The number of aromatic nitrogens is 3. The first-order valence-electron chi connectivity index (χ1n) is 6.49. The molecule has 2 aromatic heterocycles. The van der Waals surface area contributed by atoms with E-state index in [1.54, 1.807) is 48.8 Å². The molecule has 2 heterocycles. The Labute approximate surface area is 131 Å². The molecule has 0 aliphatic rings. The largest absolute Gasteiger partial charge is 0.419 e. The highest BCUT2D eigenvalue weighted by atomic mass is 35.5. The maximum Gasteiger partial charge on any atom is 0.253 e. The van der Waals surface area contributed by atoms with Gasteiger partial charge in [-0.25, -0.2) is 0 Å². The van der Waals surface area contributed by atoms with Gasteiger partial charge >= 0.3 is 0 Å². The summed E-state index contributed by atoms with van der Waals surface area (Å²) < 4.78 is 5.49. The summed E-state index contributed by atoms with van der Waals surface area (Å²) in [5.74, 6) is 0.394. The van der Waals surface area contributed by atoms with E-state index in [4.69, 9.17) is 16.0 Å². The third-order valence-corrected chi connectivity index (χ3v) is 3.24. The molecule has 1 N–H and O–H groups in total. The lowest BCUT2D eigenvalue weighted by molar-refractivity contribution is 0.0947. The predicted molar refractivity (Wildman–Crippen MR) is 80.2 cm³/mol. The van der Waals surface area contributed by atoms with Gasteiger partial charge in [0.1, 0.15) is 0 Å². The molecular formula is C15H11ClN4O2. The van der Waals surface area contributed by atoms with Crippen LogP contribution in [0, 0.1) is 0 Å². The number of carbonyl (C=O) groups is 1. The number of rotatable bonds is 4. The maximum atomic E-state index is 12.0. The number of amides is 1. The molecule has 7 heteroatoms. The van der Waals surface area contributed by atoms with Crippen molar-refractivity contribution < 1.29 is 9.21 Å². The topological polar surface area (TPSA) is 80.9 Å². The van der Waals surface area contributed by atoms with Gasteiger partial charge in [0.15, 0.2) is 0 Å². The Kier molecular flexibility index (Phi) is 4.11. The van der Waals surface area contributed by atoms with E-state index < -0.39 is 0 Å². The van der Waals surface area contributed by atoms with E-state index in [2.05, 4.69) is 20.5 Å². The molecule has 0 atom stereocenters. The van der Waals surface area contributed by atoms with Crippen LogP contribution < -0.4 is 5.32 Å². The second-order valence-corrected chi connectivity index (χ2v) is 4.81. The summed E-state index contributed by atoms with van der Waals surface area (Å²) in [6.07, 6.45) is 3.27. The molecule has 0 aliphatic carbocycles. The van der Waals surface area contributed by atoms with Crippen LogP contribution in [-0.4, -0.2) is 21.1 Å². The standard InChI is InChI=1S/C15H11ClN4O2/c16-12-4-2-1-3-11(12)14(21)18-9-13-19-20-15(22-13)10-5-7-17-8-6-10/h1-8H,9H2,(H,18,21). The molecule has 0 unspecified atom stereocenters. The zero-order valence-corrected chi connectivity index (χ0v) is 12.1. The number of hydrogen-bond donors (Lipinski definition) is 1. The third kappa shape index (κ3) is 3.12. The minimum Gasteiger partial charge on any atom is -0.419 e. The Morgan fingerprint density at radius 2 is 1.91 bits per heavy atom. The average Bonchev–Trinajstić information content (AvgIpc) is 3.03. The summed E-state index contributed by atoms with van der Waals surface area (Å²) >= 11 is 5.97. The Balaban J connectivity index is 1.67. The van der Waals surface area contributed by atoms with Gasteiger partial charge in [-0.05, 0) is 24.3 Å². The van der Waals surface area contributed by atoms with E-state index in [-0.39, 0.29) is 12.5 Å². The Bertz CT molecular complexity index is 789. The minimum absolute atomic E-state index is 0.127. The molecule has 0 fully saturated rings. The predicted octanol–water partition coefficient (Wildman–Crippen LogP) is 2.72. The van der Waals surface area contributed by atoms with E-state index in [9.17, 15) is 4.79 Å². The molecule has 0 radical (unpaired) electrons. The van der Waals surface area contributed by atoms with Crippen LogP contribution in [0.1, 0.15) is 16.2 Å². The van der Waals surface area contributed by atoms with Crippen molar-refractivity contribution in [2.24, 2.45) is 0 Å². The van der Waals surface area contributed by atoms with Crippen LogP contribution >= 0.6 is 11.6 Å². The van der Waals surface area contributed by atoms with Gasteiger partial charge in [0.2, 0.25) is 11.8 Å². The molecule has 0 bridgehead atoms. The van der Waals surface area contributed by atoms with Crippen molar-refractivity contribution in [2.75, 3.05) is 0 Å². The number of nitrogens with zero attached hydrogens (tertiary/aromatic N) is 3. The quantitative estimate of drug-likeness (QED) is 0.800. The molecule has 22 heavy (non-hydrogen) atoms. The molecule has 3 aromatic rings. The number of carbonyl (C=O) groups excluding carboxylic acids is 1. The molecule has 3 rings (SSSR count). The molecule has 1 aromatic carbocycles. The van der Waals surface area contributed by atoms with Gasteiger partial charge in [0.25, 0.3) is 5.91 Å². The van der Waals surface area contributed by atoms with Crippen LogP contribution in [0.5, 0.6) is 0 Å². The van der Waals surface area contributed by atoms with Crippen molar-refractivity contribution in [3.8, 4) is 11.5 Å². The number of pyridine rings is 1. The average molecular weight is 315 g/mol. The smallest absolute Gasteiger partial charge is 0.253 e. The highest BCUT2D eigenvalue weighted by Crippen LogP contribution is 2.17. The number of nitrogens with one attached hydrogen (secondary N) is 1. The second-order valence-electron chi connectivity index (χ2n) is 4.40. The van der Waals surface area contributed by atoms with E-state index in [0.717, 1.165) is 5.56 Å². The van der Waals surface area contributed by atoms with Gasteiger partial charge in [-0.15, -0.1) is 10.2 Å². The first-order valence-corrected chi connectivity index (χ1v) is 6.87. The second kappa shape index (κ2) is 6.36. The van der Waals surface area contributed by atoms with E-state index in [1.165, 1.54) is 0 Å². The number of benzene rings is 1. The maximum absolute atomic E-state index is 12.0. The SMILES string of the molecule is O=C(NCc1nnc(-c2ccncc2)o1)c1ccccc1Cl. The Hall–Kier alpha value is -2.73. The van der Waals surface area contributed by atoms with Crippen LogP contribution in [0.2, 0.25) is 5.02 Å². The summed E-state index contributed by atoms with van der Waals surface area (Å²) in [4.78, 5) is 15.9. The highest BCUT2D eigenvalue weighted by molar-refractivity contribution is 6.33. The fraction of sp³-hybridized carbons (Fsp3) is 0.0667. The van der Waals surface area contributed by atoms with Gasteiger partial charge in [0, 0.05) is 18.0 Å². The van der Waals surface area contributed by atoms with Crippen molar-refractivity contribution in [3.63, 3.8) is 0 Å². The van der Waals surface area contributed by atoms with Crippen LogP contribution in [-0.2, 0) is 6.54 Å². The monoisotopic (exact) mass is 314 g/mol. The molecule has 0 aliphatic heterocycles. The lowest BCUT2D eigenvalue weighted by atomic mass is 10.2. The van der Waals surface area contributed by atoms with Crippen LogP contribution in [0.4, 0.5) is 0 Å². The van der Waals surface area contributed by atoms with Crippen molar-refractivity contribution in [2.45, 2.75) is 6.54 Å². The lowest BCUT2D eigenvalue weighted by Crippen LogP contribution is -2.23. The first kappa shape index (κ1) is 14.2. The normalized spacial score (nSPS) is 10.4. The van der Waals surface area contributed by atoms with Crippen molar-refractivity contribution >= 4 is 17.5 Å². The fourth-order valence-corrected chi connectivity index (χ4v) is 2.05. The molecule has 0 spiro atoms. The Morgan fingerprint density at radius 3 is 2.68 bits per heavy atom. The minimum atomic E-state index is -0.297. The summed E-state index contributed by atoms with van der Waals surface area (Å²) in [6.45, 7) is 0.127. The van der Waals surface area contributed by atoms with Gasteiger partial charge in [0.05, 0.1) is 17.1 Å². The zero-order valence-electron chi connectivity index (χ0n) is 11.4. The summed E-state index contributed by atoms with van der Waals surface area (Å²) in [5.41, 5.74) is 1.17. The van der Waals surface area contributed by atoms with Crippen LogP contribution in [0.15, 0.2) is 53.2 Å². The van der Waals surface area contributed by atoms with Crippen molar-refractivity contribution in [1.82, 2.24) is 20.5 Å². The van der Waals surface area contributed by atoms with Crippen molar-refractivity contribution in [3.05, 3.63) is 65.3 Å². The van der Waals surface area contributed by atoms with E-state index in [1.807, 2.05) is 0 Å². The third-order valence-electron chi connectivity index (χ3n) is 2.91. The molecule has 6 nitrogen and oxygen atoms in total. The Morgan fingerprint density at radius 1 is 1.14 bits per heavy atom. The molecular weight excluding hydrogens is 304 g/mol. The summed E-state index contributed by atoms with van der Waals surface area (Å²) in [7, 11) is 0. The van der Waals surface area contributed by atoms with Gasteiger partial charge in [-0.2, -0.15) is 0 Å². The highest BCUT2D eigenvalue weighted by Gasteiger charge is 2.12. The number of halogens is 1. The van der Waals surface area contributed by atoms with Gasteiger partial charge in [-0.3, -0.25) is 9.78 Å². The van der Waals surface area contributed by atoms with Crippen LogP contribution in [0.3, 0.4) is 0 Å². The van der Waals surface area contributed by atoms with Crippen molar-refractivity contribution in [1.29, 1.82) is 0 Å². The van der Waals surface area contributed by atoms with Crippen LogP contribution in [0.25, 0.3) is 11.5 Å². The molecule has 1 amide bonds. The van der Waals surface area contributed by atoms with E-state index in [0.29, 0.717) is 22.4 Å². The lowest BCUT2D eigenvalue weighted by Gasteiger charge is -2.03. The molecule has 0 saturated carbocycles. The molecule has 110 valence electrons. The number of hydrogen-bond acceptors (Lipinski definition) is 5. The van der Waals surface area contributed by atoms with Gasteiger partial charge < -0.3 is 9.73 Å².